The van der Waals surface area contributed by atoms with Gasteiger partial charge in [-0.15, -0.1) is 0 Å². The van der Waals surface area contributed by atoms with Gasteiger partial charge in [-0.1, -0.05) is 6.92 Å². The van der Waals surface area contributed by atoms with Crippen molar-refractivity contribution in [3.63, 3.8) is 0 Å². The highest BCUT2D eigenvalue weighted by molar-refractivity contribution is 5.90. The van der Waals surface area contributed by atoms with E-state index in [9.17, 15) is 9.59 Å². The Kier molecular flexibility index (Phi) is 4.38. The first-order valence-corrected chi connectivity index (χ1v) is 9.36. The fourth-order valence-electron chi connectivity index (χ4n) is 4.33. The Morgan fingerprint density at radius 1 is 1.35 bits per heavy atom. The molecule has 2 aromatic heterocycles. The first-order valence-electron chi connectivity index (χ1n) is 9.36. The minimum absolute atomic E-state index is 0.114. The van der Waals surface area contributed by atoms with E-state index in [1.807, 2.05) is 24.2 Å². The number of hydrogen-bond donors (Lipinski definition) is 1. The molecule has 4 rings (SSSR count). The molecule has 0 radical (unpaired) electrons. The molecule has 26 heavy (non-hydrogen) atoms. The van der Waals surface area contributed by atoms with Crippen molar-refractivity contribution < 1.29 is 9.59 Å². The number of H-pyrrole nitrogens is 1. The molecule has 1 amide bonds. The molecule has 1 saturated carbocycles. The van der Waals surface area contributed by atoms with Crippen molar-refractivity contribution in [2.45, 2.75) is 38.6 Å². The van der Waals surface area contributed by atoms with Crippen molar-refractivity contribution >= 4 is 28.5 Å². The molecule has 0 aromatic carbocycles. The molecular formula is C19H25N5O2. The van der Waals surface area contributed by atoms with Gasteiger partial charge in [0.25, 0.3) is 0 Å². The maximum atomic E-state index is 12.9. The van der Waals surface area contributed by atoms with Crippen LogP contribution in [0.5, 0.6) is 0 Å². The van der Waals surface area contributed by atoms with Crippen LogP contribution < -0.4 is 4.90 Å². The molecule has 1 aliphatic carbocycles. The predicted molar refractivity (Wildman–Crippen MR) is 98.8 cm³/mol. The summed E-state index contributed by atoms with van der Waals surface area (Å²) in [6.45, 7) is 3.69. The summed E-state index contributed by atoms with van der Waals surface area (Å²) in [7, 11) is 2.04. The van der Waals surface area contributed by atoms with Crippen LogP contribution in [-0.4, -0.2) is 57.7 Å². The van der Waals surface area contributed by atoms with Crippen LogP contribution in [0.25, 0.3) is 11.0 Å². The molecule has 1 aliphatic heterocycles. The van der Waals surface area contributed by atoms with Crippen molar-refractivity contribution in [3.05, 3.63) is 18.6 Å². The van der Waals surface area contributed by atoms with E-state index in [1.54, 1.807) is 6.33 Å². The zero-order valence-corrected chi connectivity index (χ0v) is 15.3. The molecule has 1 saturated heterocycles. The third-order valence-electron chi connectivity index (χ3n) is 5.99. The molecule has 0 unspecified atom stereocenters. The molecule has 7 heteroatoms. The molecule has 2 aliphatic rings. The molecule has 3 heterocycles. The lowest BCUT2D eigenvalue weighted by atomic mass is 9.91. The number of amides is 1. The van der Waals surface area contributed by atoms with Crippen LogP contribution >= 0.6 is 0 Å². The third kappa shape index (κ3) is 2.95. The number of nitrogens with zero attached hydrogens (tertiary/aromatic N) is 4. The first kappa shape index (κ1) is 17.0. The number of hydrogen-bond acceptors (Lipinski definition) is 5. The second kappa shape index (κ2) is 6.70. The van der Waals surface area contributed by atoms with Gasteiger partial charge in [-0.05, 0) is 24.8 Å². The minimum Gasteiger partial charge on any atom is -0.354 e. The molecule has 0 bridgehead atoms. The Labute approximate surface area is 152 Å². The molecule has 138 valence electrons. The zero-order chi connectivity index (χ0) is 18.3. The largest absolute Gasteiger partial charge is 0.354 e. The fraction of sp³-hybridized carbons (Fsp3) is 0.579. The number of aromatic nitrogens is 3. The Morgan fingerprint density at radius 3 is 2.96 bits per heavy atom. The van der Waals surface area contributed by atoms with Gasteiger partial charge in [0.2, 0.25) is 5.91 Å². The third-order valence-corrected chi connectivity index (χ3v) is 5.99. The number of aromatic amines is 1. The highest BCUT2D eigenvalue weighted by atomic mass is 16.2. The van der Waals surface area contributed by atoms with Gasteiger partial charge in [-0.3, -0.25) is 9.59 Å². The molecule has 2 fully saturated rings. The highest BCUT2D eigenvalue weighted by Gasteiger charge is 2.37. The number of fused-ring (bicyclic) bond motifs is 1. The van der Waals surface area contributed by atoms with E-state index in [-0.39, 0.29) is 23.7 Å². The van der Waals surface area contributed by atoms with Gasteiger partial charge in [-0.2, -0.15) is 0 Å². The average molecular weight is 355 g/mol. The van der Waals surface area contributed by atoms with Gasteiger partial charge in [0.1, 0.15) is 23.6 Å². The molecule has 3 atom stereocenters. The van der Waals surface area contributed by atoms with E-state index in [0.29, 0.717) is 31.7 Å². The van der Waals surface area contributed by atoms with Crippen LogP contribution in [0.2, 0.25) is 0 Å². The van der Waals surface area contributed by atoms with E-state index in [1.165, 1.54) is 0 Å². The monoisotopic (exact) mass is 355 g/mol. The standard InChI is InChI=1S/C19H25N5O2/c1-12-6-8-24(19(26)13-3-4-14(25)9-13)10-16(12)23(2)18-15-5-7-20-17(15)21-11-22-18/h5,7,11-13,16H,3-4,6,8-10H2,1-2H3,(H,20,21,22)/t12-,13+,16+/m1/s1. The summed E-state index contributed by atoms with van der Waals surface area (Å²) in [5, 5.41) is 0.993. The van der Waals surface area contributed by atoms with Crippen molar-refractivity contribution in [1.29, 1.82) is 0 Å². The van der Waals surface area contributed by atoms with Gasteiger partial charge >= 0.3 is 0 Å². The lowest BCUT2D eigenvalue weighted by molar-refractivity contribution is -0.137. The van der Waals surface area contributed by atoms with Crippen LogP contribution in [0.3, 0.4) is 0 Å². The summed E-state index contributed by atoms with van der Waals surface area (Å²) < 4.78 is 0. The fourth-order valence-corrected chi connectivity index (χ4v) is 4.33. The van der Waals surface area contributed by atoms with E-state index in [0.717, 1.165) is 29.8 Å². The van der Waals surface area contributed by atoms with Crippen LogP contribution in [0, 0.1) is 11.8 Å². The number of likely N-dealkylation sites (tertiary alicyclic amines) is 1. The maximum absolute atomic E-state index is 12.9. The van der Waals surface area contributed by atoms with Crippen LogP contribution in [0.15, 0.2) is 18.6 Å². The molecule has 7 nitrogen and oxygen atoms in total. The molecule has 0 spiro atoms. The van der Waals surface area contributed by atoms with E-state index >= 15 is 0 Å². The smallest absolute Gasteiger partial charge is 0.226 e. The number of carbonyl (C=O) groups is 2. The normalized spacial score (nSPS) is 26.5. The number of anilines is 1. The second-order valence-corrected chi connectivity index (χ2v) is 7.64. The Balaban J connectivity index is 1.54. The summed E-state index contributed by atoms with van der Waals surface area (Å²) in [6.07, 6.45) is 6.08. The Hall–Kier alpha value is -2.44. The van der Waals surface area contributed by atoms with Crippen molar-refractivity contribution in [2.24, 2.45) is 11.8 Å². The molecule has 2 aromatic rings. The predicted octanol–water partition coefficient (Wildman–Crippen LogP) is 2.00. The summed E-state index contributed by atoms with van der Waals surface area (Å²) in [5.74, 6) is 1.60. The number of rotatable bonds is 3. The van der Waals surface area contributed by atoms with Gasteiger partial charge in [-0.25, -0.2) is 9.97 Å². The highest BCUT2D eigenvalue weighted by Crippen LogP contribution is 2.31. The van der Waals surface area contributed by atoms with Crippen molar-refractivity contribution in [1.82, 2.24) is 19.9 Å². The first-order chi connectivity index (χ1) is 12.5. The van der Waals surface area contributed by atoms with Crippen LogP contribution in [-0.2, 0) is 9.59 Å². The maximum Gasteiger partial charge on any atom is 0.226 e. The summed E-state index contributed by atoms with van der Waals surface area (Å²) in [4.78, 5) is 40.4. The quantitative estimate of drug-likeness (QED) is 0.911. The lowest BCUT2D eigenvalue weighted by Gasteiger charge is -2.42. The van der Waals surface area contributed by atoms with Gasteiger partial charge in [0.05, 0.1) is 11.4 Å². The van der Waals surface area contributed by atoms with Crippen LogP contribution in [0.4, 0.5) is 5.82 Å². The van der Waals surface area contributed by atoms with E-state index < -0.39 is 0 Å². The average Bonchev–Trinajstić information content (AvgIpc) is 3.29. The van der Waals surface area contributed by atoms with Crippen molar-refractivity contribution in [2.75, 3.05) is 25.0 Å². The number of ketones is 1. The Bertz CT molecular complexity index is 832. The SMILES string of the molecule is C[C@@H]1CCN(C(=O)[C@H]2CCC(=O)C2)C[C@@H]1N(C)c1ncnc2[nH]ccc12. The molecular weight excluding hydrogens is 330 g/mol. The summed E-state index contributed by atoms with van der Waals surface area (Å²) >= 11 is 0. The number of carbonyl (C=O) groups excluding carboxylic acids is 2. The summed E-state index contributed by atoms with van der Waals surface area (Å²) in [5.41, 5.74) is 0.822. The van der Waals surface area contributed by atoms with E-state index in [4.69, 9.17) is 0 Å². The van der Waals surface area contributed by atoms with Crippen LogP contribution in [0.1, 0.15) is 32.6 Å². The Morgan fingerprint density at radius 2 is 2.19 bits per heavy atom. The van der Waals surface area contributed by atoms with Gasteiger partial charge < -0.3 is 14.8 Å². The number of piperidine rings is 1. The van der Waals surface area contributed by atoms with Gasteiger partial charge in [0, 0.05) is 45.1 Å². The van der Waals surface area contributed by atoms with Gasteiger partial charge in [0.15, 0.2) is 0 Å². The summed E-state index contributed by atoms with van der Waals surface area (Å²) in [6, 6.07) is 2.18. The topological polar surface area (TPSA) is 82.2 Å². The van der Waals surface area contributed by atoms with Crippen molar-refractivity contribution in [3.8, 4) is 0 Å². The molecule has 1 N–H and O–H groups in total. The number of nitrogens with one attached hydrogen (secondary N) is 1. The van der Waals surface area contributed by atoms with E-state index in [2.05, 4.69) is 26.8 Å². The second-order valence-electron chi connectivity index (χ2n) is 7.64. The number of likely N-dealkylation sites (N-methyl/N-ethyl adjacent to an activating group) is 1. The minimum atomic E-state index is -0.114. The lowest BCUT2D eigenvalue weighted by Crippen LogP contribution is -2.53. The number of Topliss-reactive ketones (excluding diaryl/α,β-unsaturated/α-hetero) is 1. The zero-order valence-electron chi connectivity index (χ0n) is 15.3.